The lowest BCUT2D eigenvalue weighted by Crippen LogP contribution is -2.09. The molecule has 0 N–H and O–H groups in total. The normalized spacial score (nSPS) is 11.6. The van der Waals surface area contributed by atoms with Gasteiger partial charge in [-0.3, -0.25) is 4.79 Å². The zero-order valence-corrected chi connectivity index (χ0v) is 11.5. The highest BCUT2D eigenvalue weighted by Crippen LogP contribution is 2.29. The maximum atomic E-state index is 12.6. The van der Waals surface area contributed by atoms with Gasteiger partial charge in [-0.1, -0.05) is 18.2 Å². The fourth-order valence-corrected chi connectivity index (χ4v) is 2.45. The van der Waals surface area contributed by atoms with E-state index in [0.29, 0.717) is 11.3 Å². The predicted molar refractivity (Wildman–Crippen MR) is 70.7 cm³/mol. The lowest BCUT2D eigenvalue weighted by atomic mass is 10.0. The number of hydrogen-bond acceptors (Lipinski definition) is 3. The van der Waals surface area contributed by atoms with Crippen LogP contribution in [-0.2, 0) is 23.8 Å². The molecule has 0 aliphatic heterocycles. The number of Topliss-reactive ketones (excluding diaryl/α,β-unsaturated/α-hetero) is 1. The lowest BCUT2D eigenvalue weighted by molar-refractivity contribution is -0.137. The quantitative estimate of drug-likeness (QED) is 0.859. The summed E-state index contributed by atoms with van der Waals surface area (Å²) in [6, 6.07) is 4.86. The van der Waals surface area contributed by atoms with Crippen molar-refractivity contribution >= 4 is 17.1 Å². The zero-order valence-electron chi connectivity index (χ0n) is 10.7. The van der Waals surface area contributed by atoms with Gasteiger partial charge in [-0.25, -0.2) is 4.98 Å². The van der Waals surface area contributed by atoms with Gasteiger partial charge >= 0.3 is 6.18 Å². The fourth-order valence-electron chi connectivity index (χ4n) is 1.84. The number of thiazole rings is 1. The summed E-state index contributed by atoms with van der Waals surface area (Å²) >= 11 is 1.45. The summed E-state index contributed by atoms with van der Waals surface area (Å²) < 4.78 is 37.7. The standard InChI is InChI=1S/C14H12F3NOS/c1-9-18-12(8-20-9)7-13(19)6-10-3-2-4-11(5-10)14(15,16)17/h2-5,8H,6-7H2,1H3. The van der Waals surface area contributed by atoms with Gasteiger partial charge in [0.15, 0.2) is 0 Å². The van der Waals surface area contributed by atoms with Gasteiger partial charge in [-0.05, 0) is 18.6 Å². The van der Waals surface area contributed by atoms with Crippen LogP contribution in [0, 0.1) is 6.92 Å². The molecule has 0 atom stereocenters. The summed E-state index contributed by atoms with van der Waals surface area (Å²) in [5.41, 5.74) is 0.313. The molecule has 0 amide bonds. The van der Waals surface area contributed by atoms with Crippen molar-refractivity contribution in [3.63, 3.8) is 0 Å². The van der Waals surface area contributed by atoms with E-state index in [1.807, 2.05) is 6.92 Å². The van der Waals surface area contributed by atoms with Gasteiger partial charge < -0.3 is 0 Å². The van der Waals surface area contributed by atoms with Gasteiger partial charge in [0.2, 0.25) is 0 Å². The number of carbonyl (C=O) groups excluding carboxylic acids is 1. The number of halogens is 3. The van der Waals surface area contributed by atoms with Crippen LogP contribution in [0.1, 0.15) is 21.8 Å². The maximum Gasteiger partial charge on any atom is 0.416 e. The van der Waals surface area contributed by atoms with Crippen molar-refractivity contribution in [3.8, 4) is 0 Å². The Morgan fingerprint density at radius 1 is 1.30 bits per heavy atom. The summed E-state index contributed by atoms with van der Waals surface area (Å²) in [6.07, 6.45) is -4.24. The van der Waals surface area contributed by atoms with Gasteiger partial charge in [-0.15, -0.1) is 11.3 Å². The van der Waals surface area contributed by atoms with Crippen LogP contribution in [0.15, 0.2) is 29.6 Å². The van der Waals surface area contributed by atoms with Crippen molar-refractivity contribution in [3.05, 3.63) is 51.5 Å². The molecular formula is C14H12F3NOS. The molecule has 1 aromatic carbocycles. The number of alkyl halides is 3. The molecule has 106 valence electrons. The molecule has 0 saturated carbocycles. The van der Waals surface area contributed by atoms with Gasteiger partial charge in [0, 0.05) is 18.2 Å². The number of aryl methyl sites for hydroxylation is 1. The van der Waals surface area contributed by atoms with Crippen LogP contribution in [0.4, 0.5) is 13.2 Å². The van der Waals surface area contributed by atoms with Crippen LogP contribution in [0.5, 0.6) is 0 Å². The molecule has 0 unspecified atom stereocenters. The van der Waals surface area contributed by atoms with E-state index in [0.717, 1.165) is 17.1 Å². The van der Waals surface area contributed by atoms with Crippen molar-refractivity contribution < 1.29 is 18.0 Å². The highest BCUT2D eigenvalue weighted by atomic mass is 32.1. The summed E-state index contributed by atoms with van der Waals surface area (Å²) in [6.45, 7) is 1.84. The molecule has 2 aromatic rings. The van der Waals surface area contributed by atoms with Crippen LogP contribution in [-0.4, -0.2) is 10.8 Å². The van der Waals surface area contributed by atoms with E-state index >= 15 is 0 Å². The molecule has 0 saturated heterocycles. The Morgan fingerprint density at radius 2 is 2.05 bits per heavy atom. The van der Waals surface area contributed by atoms with E-state index in [1.54, 1.807) is 5.38 Å². The third-order valence-electron chi connectivity index (χ3n) is 2.70. The summed E-state index contributed by atoms with van der Waals surface area (Å²) in [5.74, 6) is -0.144. The SMILES string of the molecule is Cc1nc(CC(=O)Cc2cccc(C(F)(F)F)c2)cs1. The Bertz CT molecular complexity index is 619. The first-order valence-corrected chi connectivity index (χ1v) is 6.81. The van der Waals surface area contributed by atoms with Gasteiger partial charge in [-0.2, -0.15) is 13.2 Å². The van der Waals surface area contributed by atoms with Crippen molar-refractivity contribution in [2.24, 2.45) is 0 Å². The minimum absolute atomic E-state index is 0.0134. The maximum absolute atomic E-state index is 12.6. The van der Waals surface area contributed by atoms with Crippen molar-refractivity contribution in [1.29, 1.82) is 0 Å². The number of rotatable bonds is 4. The number of nitrogens with zero attached hydrogens (tertiary/aromatic N) is 1. The number of ketones is 1. The van der Waals surface area contributed by atoms with E-state index in [9.17, 15) is 18.0 Å². The van der Waals surface area contributed by atoms with E-state index in [4.69, 9.17) is 0 Å². The molecule has 0 bridgehead atoms. The third-order valence-corrected chi connectivity index (χ3v) is 3.52. The molecule has 2 nitrogen and oxygen atoms in total. The molecule has 1 heterocycles. The number of hydrogen-bond donors (Lipinski definition) is 0. The van der Waals surface area contributed by atoms with Crippen molar-refractivity contribution in [2.75, 3.05) is 0 Å². The summed E-state index contributed by atoms with van der Waals surface area (Å²) in [4.78, 5) is 16.0. The van der Waals surface area contributed by atoms with Gasteiger partial charge in [0.05, 0.1) is 16.3 Å². The van der Waals surface area contributed by atoms with Crippen molar-refractivity contribution in [1.82, 2.24) is 4.98 Å². The minimum atomic E-state index is -4.38. The smallest absolute Gasteiger partial charge is 0.299 e. The van der Waals surface area contributed by atoms with Crippen LogP contribution >= 0.6 is 11.3 Å². The zero-order chi connectivity index (χ0) is 14.8. The molecule has 0 radical (unpaired) electrons. The minimum Gasteiger partial charge on any atom is -0.299 e. The molecule has 6 heteroatoms. The fraction of sp³-hybridized carbons (Fsp3) is 0.286. The first kappa shape index (κ1) is 14.7. The monoisotopic (exact) mass is 299 g/mol. The molecular weight excluding hydrogens is 287 g/mol. The molecule has 0 aliphatic carbocycles. The average Bonchev–Trinajstić information content (AvgIpc) is 2.73. The van der Waals surface area contributed by atoms with E-state index in [1.165, 1.54) is 23.5 Å². The van der Waals surface area contributed by atoms with E-state index < -0.39 is 11.7 Å². The van der Waals surface area contributed by atoms with E-state index in [-0.39, 0.29) is 18.6 Å². The Balaban J connectivity index is 2.04. The van der Waals surface area contributed by atoms with Crippen LogP contribution in [0.25, 0.3) is 0 Å². The number of carbonyl (C=O) groups is 1. The lowest BCUT2D eigenvalue weighted by Gasteiger charge is -2.08. The molecule has 0 spiro atoms. The average molecular weight is 299 g/mol. The number of aromatic nitrogens is 1. The van der Waals surface area contributed by atoms with Crippen molar-refractivity contribution in [2.45, 2.75) is 25.9 Å². The first-order valence-electron chi connectivity index (χ1n) is 5.93. The summed E-state index contributed by atoms with van der Waals surface area (Å²) in [5, 5.41) is 2.66. The summed E-state index contributed by atoms with van der Waals surface area (Å²) in [7, 11) is 0. The van der Waals surface area contributed by atoms with Crippen LogP contribution in [0.3, 0.4) is 0 Å². The second-order valence-corrected chi connectivity index (χ2v) is 5.51. The second-order valence-electron chi connectivity index (χ2n) is 4.45. The molecule has 0 fully saturated rings. The number of benzene rings is 1. The highest BCUT2D eigenvalue weighted by Gasteiger charge is 2.30. The van der Waals surface area contributed by atoms with Gasteiger partial charge in [0.1, 0.15) is 5.78 Å². The topological polar surface area (TPSA) is 30.0 Å². The molecule has 0 aliphatic rings. The molecule has 20 heavy (non-hydrogen) atoms. The second kappa shape index (κ2) is 5.75. The van der Waals surface area contributed by atoms with Crippen LogP contribution < -0.4 is 0 Å². The Kier molecular flexibility index (Phi) is 4.23. The largest absolute Gasteiger partial charge is 0.416 e. The van der Waals surface area contributed by atoms with E-state index in [2.05, 4.69) is 4.98 Å². The van der Waals surface area contributed by atoms with Gasteiger partial charge in [0.25, 0.3) is 0 Å². The molecule has 2 rings (SSSR count). The Hall–Kier alpha value is -1.69. The highest BCUT2D eigenvalue weighted by molar-refractivity contribution is 7.09. The molecule has 1 aromatic heterocycles. The Morgan fingerprint density at radius 3 is 2.65 bits per heavy atom. The third kappa shape index (κ3) is 3.90. The Labute approximate surface area is 118 Å². The first-order chi connectivity index (χ1) is 9.34. The predicted octanol–water partition coefficient (Wildman–Crippen LogP) is 3.82. The van der Waals surface area contributed by atoms with Crippen LogP contribution in [0.2, 0.25) is 0 Å².